The Bertz CT molecular complexity index is 957. The topological polar surface area (TPSA) is 55.1 Å². The van der Waals surface area contributed by atoms with E-state index < -0.39 is 0 Å². The highest BCUT2D eigenvalue weighted by Crippen LogP contribution is 2.37. The van der Waals surface area contributed by atoms with Gasteiger partial charge in [0.05, 0.1) is 11.1 Å². The highest BCUT2D eigenvalue weighted by atomic mass is 16.3. The van der Waals surface area contributed by atoms with Crippen LogP contribution in [0.15, 0.2) is 41.2 Å². The number of pyridine rings is 2. The SMILES string of the molecule is CCc1ccc2c(=O)n3c(c(O)c2n1)-c1ccccc1CC3. The molecule has 0 spiro atoms. The molecule has 0 saturated heterocycles. The van der Waals surface area contributed by atoms with E-state index in [2.05, 4.69) is 4.98 Å². The lowest BCUT2D eigenvalue weighted by atomic mass is 9.96. The van der Waals surface area contributed by atoms with E-state index in [1.54, 1.807) is 10.6 Å². The van der Waals surface area contributed by atoms with Gasteiger partial charge in [-0.25, -0.2) is 4.98 Å². The summed E-state index contributed by atoms with van der Waals surface area (Å²) in [7, 11) is 0. The third-order valence-electron chi connectivity index (χ3n) is 4.39. The summed E-state index contributed by atoms with van der Waals surface area (Å²) in [5, 5.41) is 11.2. The van der Waals surface area contributed by atoms with E-state index in [1.807, 2.05) is 37.3 Å². The predicted molar refractivity (Wildman–Crippen MR) is 86.2 cm³/mol. The molecule has 4 rings (SSSR count). The van der Waals surface area contributed by atoms with Crippen LogP contribution in [0.25, 0.3) is 22.2 Å². The van der Waals surface area contributed by atoms with Crippen LogP contribution in [-0.4, -0.2) is 14.7 Å². The second kappa shape index (κ2) is 4.70. The summed E-state index contributed by atoms with van der Waals surface area (Å²) in [6.07, 6.45) is 1.57. The van der Waals surface area contributed by atoms with Gasteiger partial charge in [0.25, 0.3) is 5.56 Å². The molecule has 3 heterocycles. The van der Waals surface area contributed by atoms with Crippen LogP contribution in [0.2, 0.25) is 0 Å². The molecule has 0 radical (unpaired) electrons. The number of hydrogen-bond donors (Lipinski definition) is 1. The van der Waals surface area contributed by atoms with E-state index in [-0.39, 0.29) is 11.3 Å². The number of benzene rings is 1. The molecule has 1 aliphatic rings. The molecule has 2 aromatic heterocycles. The van der Waals surface area contributed by atoms with Gasteiger partial charge in [-0.3, -0.25) is 4.79 Å². The number of aromatic nitrogens is 2. The molecule has 22 heavy (non-hydrogen) atoms. The third-order valence-corrected chi connectivity index (χ3v) is 4.39. The summed E-state index contributed by atoms with van der Waals surface area (Å²) in [6, 6.07) is 11.5. The van der Waals surface area contributed by atoms with Crippen LogP contribution in [-0.2, 0) is 19.4 Å². The first kappa shape index (κ1) is 13.1. The van der Waals surface area contributed by atoms with Gasteiger partial charge in [0.15, 0.2) is 5.75 Å². The van der Waals surface area contributed by atoms with E-state index >= 15 is 0 Å². The maximum absolute atomic E-state index is 12.7. The van der Waals surface area contributed by atoms with E-state index in [4.69, 9.17) is 0 Å². The van der Waals surface area contributed by atoms with Crippen LogP contribution in [0, 0.1) is 0 Å². The van der Waals surface area contributed by atoms with Crippen molar-refractivity contribution in [3.05, 3.63) is 58.0 Å². The first-order chi connectivity index (χ1) is 10.7. The summed E-state index contributed by atoms with van der Waals surface area (Å²) in [6.45, 7) is 2.59. The molecule has 3 aromatic rings. The van der Waals surface area contributed by atoms with Gasteiger partial charge in [0.2, 0.25) is 0 Å². The normalized spacial score (nSPS) is 13.0. The smallest absolute Gasteiger partial charge is 0.260 e. The number of hydrogen-bond acceptors (Lipinski definition) is 3. The summed E-state index contributed by atoms with van der Waals surface area (Å²) in [4.78, 5) is 17.2. The molecule has 1 N–H and O–H groups in total. The molecule has 4 nitrogen and oxygen atoms in total. The van der Waals surface area contributed by atoms with Crippen LogP contribution in [0.5, 0.6) is 5.75 Å². The van der Waals surface area contributed by atoms with Crippen LogP contribution >= 0.6 is 0 Å². The molecule has 0 amide bonds. The molecule has 1 aromatic carbocycles. The first-order valence-corrected chi connectivity index (χ1v) is 7.54. The molecular formula is C18H16N2O2. The Hall–Kier alpha value is -2.62. The minimum absolute atomic E-state index is 0.0764. The van der Waals surface area contributed by atoms with Crippen molar-refractivity contribution in [1.82, 2.24) is 9.55 Å². The molecule has 0 fully saturated rings. The molecule has 0 unspecified atom stereocenters. The Labute approximate surface area is 127 Å². The maximum atomic E-state index is 12.7. The second-order valence-corrected chi connectivity index (χ2v) is 5.61. The van der Waals surface area contributed by atoms with Crippen molar-refractivity contribution in [3.8, 4) is 17.0 Å². The summed E-state index contributed by atoms with van der Waals surface area (Å²) < 4.78 is 1.67. The number of nitrogens with zero attached hydrogens (tertiary/aromatic N) is 2. The van der Waals surface area contributed by atoms with E-state index in [0.29, 0.717) is 23.1 Å². The lowest BCUT2D eigenvalue weighted by Crippen LogP contribution is -2.26. The standard InChI is InChI=1S/C18H16N2O2/c1-2-12-7-8-14-15(19-12)17(21)16-13-6-4-3-5-11(13)9-10-20(16)18(14)22/h3-8,21H,2,9-10H2,1H3. The lowest BCUT2D eigenvalue weighted by Gasteiger charge is -2.23. The number of aryl methyl sites for hydroxylation is 2. The zero-order chi connectivity index (χ0) is 15.3. The van der Waals surface area contributed by atoms with E-state index in [9.17, 15) is 9.90 Å². The van der Waals surface area contributed by atoms with Gasteiger partial charge < -0.3 is 9.67 Å². The zero-order valence-corrected chi connectivity index (χ0v) is 12.3. The highest BCUT2D eigenvalue weighted by Gasteiger charge is 2.23. The molecule has 4 heteroatoms. The van der Waals surface area contributed by atoms with Gasteiger partial charge in [-0.2, -0.15) is 0 Å². The third kappa shape index (κ3) is 1.70. The van der Waals surface area contributed by atoms with Gasteiger partial charge in [-0.05, 0) is 30.5 Å². The minimum atomic E-state index is -0.0764. The Kier molecular flexibility index (Phi) is 2.79. The predicted octanol–water partition coefficient (Wildman–Crippen LogP) is 2.89. The lowest BCUT2D eigenvalue weighted by molar-refractivity contribution is 0.471. The van der Waals surface area contributed by atoms with Gasteiger partial charge in [0.1, 0.15) is 5.52 Å². The van der Waals surface area contributed by atoms with Crippen molar-refractivity contribution in [2.75, 3.05) is 0 Å². The summed E-state index contributed by atoms with van der Waals surface area (Å²) in [5.41, 5.74) is 3.88. The van der Waals surface area contributed by atoms with Crippen molar-refractivity contribution in [2.24, 2.45) is 0 Å². The van der Waals surface area contributed by atoms with Crippen molar-refractivity contribution in [1.29, 1.82) is 0 Å². The van der Waals surface area contributed by atoms with Crippen molar-refractivity contribution >= 4 is 10.9 Å². The average molecular weight is 292 g/mol. The fraction of sp³-hybridized carbons (Fsp3) is 0.222. The number of aromatic hydroxyl groups is 1. The molecule has 0 bridgehead atoms. The summed E-state index contributed by atoms with van der Waals surface area (Å²) >= 11 is 0. The molecule has 0 atom stereocenters. The Morgan fingerprint density at radius 1 is 1.23 bits per heavy atom. The molecule has 1 aliphatic heterocycles. The Morgan fingerprint density at radius 3 is 2.86 bits per heavy atom. The second-order valence-electron chi connectivity index (χ2n) is 5.61. The van der Waals surface area contributed by atoms with Crippen molar-refractivity contribution in [3.63, 3.8) is 0 Å². The molecule has 0 aliphatic carbocycles. The molecule has 0 saturated carbocycles. The van der Waals surface area contributed by atoms with Crippen molar-refractivity contribution < 1.29 is 5.11 Å². The Balaban J connectivity index is 2.15. The summed E-state index contributed by atoms with van der Waals surface area (Å²) in [5.74, 6) is 0.108. The Morgan fingerprint density at radius 2 is 2.05 bits per heavy atom. The van der Waals surface area contributed by atoms with Gasteiger partial charge in [0, 0.05) is 17.8 Å². The van der Waals surface area contributed by atoms with Gasteiger partial charge >= 0.3 is 0 Å². The number of fused-ring (bicyclic) bond motifs is 4. The van der Waals surface area contributed by atoms with Crippen LogP contribution in [0.3, 0.4) is 0 Å². The van der Waals surface area contributed by atoms with E-state index in [0.717, 1.165) is 29.7 Å². The van der Waals surface area contributed by atoms with Gasteiger partial charge in [-0.15, -0.1) is 0 Å². The molecule has 110 valence electrons. The monoisotopic (exact) mass is 292 g/mol. The largest absolute Gasteiger partial charge is 0.504 e. The maximum Gasteiger partial charge on any atom is 0.260 e. The first-order valence-electron chi connectivity index (χ1n) is 7.54. The van der Waals surface area contributed by atoms with Gasteiger partial charge in [-0.1, -0.05) is 31.2 Å². The molecular weight excluding hydrogens is 276 g/mol. The average Bonchev–Trinajstić information content (AvgIpc) is 2.58. The van der Waals surface area contributed by atoms with Crippen LogP contribution < -0.4 is 5.56 Å². The zero-order valence-electron chi connectivity index (χ0n) is 12.3. The van der Waals surface area contributed by atoms with Crippen LogP contribution in [0.1, 0.15) is 18.2 Å². The van der Waals surface area contributed by atoms with Crippen LogP contribution in [0.4, 0.5) is 0 Å². The minimum Gasteiger partial charge on any atom is -0.504 e. The number of rotatable bonds is 1. The quantitative estimate of drug-likeness (QED) is 0.750. The fourth-order valence-electron chi connectivity index (χ4n) is 3.22. The highest BCUT2D eigenvalue weighted by molar-refractivity contribution is 5.90. The van der Waals surface area contributed by atoms with Crippen molar-refractivity contribution in [2.45, 2.75) is 26.3 Å². The fourth-order valence-corrected chi connectivity index (χ4v) is 3.22. The van der Waals surface area contributed by atoms with E-state index in [1.165, 1.54) is 0 Å².